The number of Topliss-reactive ketones (excluding diaryl/α,β-unsaturated/α-hetero) is 1. The molecule has 0 aliphatic heterocycles. The van der Waals surface area contributed by atoms with E-state index in [1.165, 1.54) is 6.07 Å². The van der Waals surface area contributed by atoms with Gasteiger partial charge < -0.3 is 5.73 Å². The number of ketones is 1. The van der Waals surface area contributed by atoms with Crippen molar-refractivity contribution in [1.29, 1.82) is 5.26 Å². The van der Waals surface area contributed by atoms with Crippen LogP contribution in [0.25, 0.3) is 0 Å². The average molecular weight is 213 g/mol. The quantitative estimate of drug-likeness (QED) is 0.461. The van der Waals surface area contributed by atoms with E-state index in [1.807, 2.05) is 0 Å². The molecule has 0 saturated heterocycles. The molecule has 0 unspecified atom stereocenters. The summed E-state index contributed by atoms with van der Waals surface area (Å²) in [6, 6.07) is 3.99. The molecule has 0 fully saturated rings. The lowest BCUT2D eigenvalue weighted by Gasteiger charge is -2.05. The minimum absolute atomic E-state index is 0.0366. The van der Waals surface area contributed by atoms with Crippen molar-refractivity contribution >= 4 is 23.1 Å². The lowest BCUT2D eigenvalue weighted by Crippen LogP contribution is -2.09. The van der Waals surface area contributed by atoms with Crippen LogP contribution < -0.4 is 5.73 Å². The number of nitriles is 1. The molecule has 0 radical (unpaired) electrons. The fraction of sp³-hybridized carbons (Fsp3) is 0.111. The largest absolute Gasteiger partial charge is 0.396 e. The van der Waals surface area contributed by atoms with E-state index >= 15 is 0 Å². The van der Waals surface area contributed by atoms with Gasteiger partial charge in [-0.1, -0.05) is 0 Å². The normalized spacial score (nSPS) is 9.50. The summed E-state index contributed by atoms with van der Waals surface area (Å²) in [4.78, 5) is 11.2. The molecule has 0 atom stereocenters. The van der Waals surface area contributed by atoms with Crippen molar-refractivity contribution in [2.45, 2.75) is 0 Å². The number of carbonyl (C=O) groups excluding carboxylic acids is 1. The van der Waals surface area contributed by atoms with E-state index in [0.717, 1.165) is 6.07 Å². The highest BCUT2D eigenvalue weighted by molar-refractivity contribution is 6.31. The first-order valence-electron chi connectivity index (χ1n) is 3.69. The molecular weight excluding hydrogens is 207 g/mol. The molecule has 0 aliphatic rings. The van der Waals surface area contributed by atoms with Crippen LogP contribution in [0, 0.1) is 17.1 Å². The maximum Gasteiger partial charge on any atom is 0.181 e. The first-order valence-corrected chi connectivity index (χ1v) is 4.22. The number of carbonyl (C=O) groups is 1. The number of benzene rings is 1. The highest BCUT2D eigenvalue weighted by Gasteiger charge is 2.16. The fourth-order valence-corrected chi connectivity index (χ4v) is 1.19. The summed E-state index contributed by atoms with van der Waals surface area (Å²) < 4.78 is 13.0. The summed E-state index contributed by atoms with van der Waals surface area (Å²) in [6.07, 6.45) is 0. The Labute approximate surface area is 84.9 Å². The van der Waals surface area contributed by atoms with E-state index in [4.69, 9.17) is 22.6 Å². The Balaban J connectivity index is 3.45. The van der Waals surface area contributed by atoms with Crippen LogP contribution in [0.5, 0.6) is 0 Å². The molecule has 0 heterocycles. The van der Waals surface area contributed by atoms with Gasteiger partial charge in [0.15, 0.2) is 5.78 Å². The monoisotopic (exact) mass is 212 g/mol. The number of halogens is 2. The standard InChI is InChI=1S/C9H6ClFN2O/c10-3-7(14)8-5(4-12)1-2-6(11)9(8)13/h1-2H,3,13H2. The van der Waals surface area contributed by atoms with E-state index in [9.17, 15) is 9.18 Å². The van der Waals surface area contributed by atoms with Crippen LogP contribution in [0.4, 0.5) is 10.1 Å². The van der Waals surface area contributed by atoms with Gasteiger partial charge in [0, 0.05) is 0 Å². The minimum Gasteiger partial charge on any atom is -0.396 e. The summed E-state index contributed by atoms with van der Waals surface area (Å²) in [5.41, 5.74) is 4.91. The van der Waals surface area contributed by atoms with Crippen molar-refractivity contribution in [3.05, 3.63) is 29.1 Å². The Morgan fingerprint density at radius 2 is 2.29 bits per heavy atom. The van der Waals surface area contributed by atoms with Crippen LogP contribution in [0.15, 0.2) is 12.1 Å². The third-order valence-corrected chi connectivity index (χ3v) is 1.96. The van der Waals surface area contributed by atoms with E-state index < -0.39 is 11.6 Å². The Bertz CT molecular complexity index is 426. The van der Waals surface area contributed by atoms with Gasteiger partial charge in [-0.25, -0.2) is 4.39 Å². The van der Waals surface area contributed by atoms with Crippen LogP contribution in [0.3, 0.4) is 0 Å². The van der Waals surface area contributed by atoms with Crippen molar-refractivity contribution in [3.8, 4) is 6.07 Å². The minimum atomic E-state index is -0.725. The Kier molecular flexibility index (Phi) is 3.05. The maximum atomic E-state index is 13.0. The zero-order valence-corrected chi connectivity index (χ0v) is 7.81. The molecule has 1 aromatic carbocycles. The Morgan fingerprint density at radius 3 is 2.79 bits per heavy atom. The van der Waals surface area contributed by atoms with Gasteiger partial charge in [0.05, 0.1) is 28.8 Å². The van der Waals surface area contributed by atoms with E-state index in [1.54, 1.807) is 6.07 Å². The third-order valence-electron chi connectivity index (χ3n) is 1.71. The molecular formula is C9H6ClFN2O. The molecule has 2 N–H and O–H groups in total. The van der Waals surface area contributed by atoms with Crippen molar-refractivity contribution in [3.63, 3.8) is 0 Å². The second-order valence-corrected chi connectivity index (χ2v) is 2.82. The summed E-state index contributed by atoms with van der Waals surface area (Å²) in [5.74, 6) is -1.61. The number of anilines is 1. The van der Waals surface area contributed by atoms with Crippen LogP contribution in [-0.4, -0.2) is 11.7 Å². The van der Waals surface area contributed by atoms with Crippen LogP contribution in [0.1, 0.15) is 15.9 Å². The number of nitrogens with two attached hydrogens (primary N) is 1. The SMILES string of the molecule is N#Cc1ccc(F)c(N)c1C(=O)CCl. The van der Waals surface area contributed by atoms with E-state index in [0.29, 0.717) is 0 Å². The van der Waals surface area contributed by atoms with Gasteiger partial charge in [0.25, 0.3) is 0 Å². The summed E-state index contributed by atoms with van der Waals surface area (Å²) in [5, 5.41) is 8.65. The summed E-state index contributed by atoms with van der Waals surface area (Å²) in [7, 11) is 0. The predicted octanol–water partition coefficient (Wildman–Crippen LogP) is 1.70. The summed E-state index contributed by atoms with van der Waals surface area (Å²) >= 11 is 5.30. The molecule has 72 valence electrons. The first-order chi connectivity index (χ1) is 6.61. The van der Waals surface area contributed by atoms with Gasteiger partial charge in [-0.2, -0.15) is 5.26 Å². The maximum absolute atomic E-state index is 13.0. The van der Waals surface area contributed by atoms with Crippen molar-refractivity contribution in [1.82, 2.24) is 0 Å². The molecule has 5 heteroatoms. The second kappa shape index (κ2) is 4.07. The molecule has 0 bridgehead atoms. The molecule has 14 heavy (non-hydrogen) atoms. The molecule has 1 rings (SSSR count). The molecule has 0 spiro atoms. The first kappa shape index (κ1) is 10.5. The smallest absolute Gasteiger partial charge is 0.181 e. The highest BCUT2D eigenvalue weighted by Crippen LogP contribution is 2.21. The number of alkyl halides is 1. The van der Waals surface area contributed by atoms with Crippen LogP contribution in [0.2, 0.25) is 0 Å². The number of nitrogen functional groups attached to an aromatic ring is 1. The lowest BCUT2D eigenvalue weighted by molar-refractivity contribution is 0.102. The zero-order valence-electron chi connectivity index (χ0n) is 7.05. The van der Waals surface area contributed by atoms with Gasteiger partial charge in [0.1, 0.15) is 5.82 Å². The van der Waals surface area contributed by atoms with E-state index in [-0.39, 0.29) is 22.7 Å². The molecule has 0 aliphatic carbocycles. The topological polar surface area (TPSA) is 66.9 Å². The van der Waals surface area contributed by atoms with Crippen molar-refractivity contribution in [2.24, 2.45) is 0 Å². The van der Waals surface area contributed by atoms with Crippen molar-refractivity contribution < 1.29 is 9.18 Å². The molecule has 3 nitrogen and oxygen atoms in total. The van der Waals surface area contributed by atoms with E-state index in [2.05, 4.69) is 0 Å². The molecule has 0 saturated carbocycles. The predicted molar refractivity (Wildman–Crippen MR) is 50.6 cm³/mol. The van der Waals surface area contributed by atoms with Crippen LogP contribution >= 0.6 is 11.6 Å². The van der Waals surface area contributed by atoms with Gasteiger partial charge in [-0.15, -0.1) is 11.6 Å². The molecule has 1 aromatic rings. The Morgan fingerprint density at radius 1 is 1.64 bits per heavy atom. The third kappa shape index (κ3) is 1.68. The average Bonchev–Trinajstić information content (AvgIpc) is 2.20. The Hall–Kier alpha value is -1.60. The lowest BCUT2D eigenvalue weighted by atomic mass is 10.0. The van der Waals surface area contributed by atoms with Gasteiger partial charge >= 0.3 is 0 Å². The molecule has 0 amide bonds. The number of nitrogens with zero attached hydrogens (tertiary/aromatic N) is 1. The number of hydrogen-bond acceptors (Lipinski definition) is 3. The highest BCUT2D eigenvalue weighted by atomic mass is 35.5. The summed E-state index contributed by atoms with van der Waals surface area (Å²) in [6.45, 7) is 0. The molecule has 0 aromatic heterocycles. The van der Waals surface area contributed by atoms with Gasteiger partial charge in [0.2, 0.25) is 0 Å². The van der Waals surface area contributed by atoms with Crippen LogP contribution in [-0.2, 0) is 0 Å². The number of hydrogen-bond donors (Lipinski definition) is 1. The number of rotatable bonds is 2. The zero-order chi connectivity index (χ0) is 10.7. The van der Waals surface area contributed by atoms with Crippen molar-refractivity contribution in [2.75, 3.05) is 11.6 Å². The van der Waals surface area contributed by atoms with Gasteiger partial charge in [-0.3, -0.25) is 4.79 Å². The fourth-order valence-electron chi connectivity index (χ4n) is 1.05. The second-order valence-electron chi connectivity index (χ2n) is 2.55. The van der Waals surface area contributed by atoms with Gasteiger partial charge in [-0.05, 0) is 12.1 Å².